The van der Waals surface area contributed by atoms with E-state index in [1.54, 1.807) is 24.4 Å². The van der Waals surface area contributed by atoms with Gasteiger partial charge in [-0.1, -0.05) is 12.0 Å². The maximum atomic E-state index is 14.4. The highest BCUT2D eigenvalue weighted by atomic mass is 19.1. The van der Waals surface area contributed by atoms with Crippen molar-refractivity contribution in [3.63, 3.8) is 0 Å². The number of rotatable bonds is 1. The summed E-state index contributed by atoms with van der Waals surface area (Å²) in [5, 5.41) is 0. The molecule has 0 amide bonds. The summed E-state index contributed by atoms with van der Waals surface area (Å²) < 4.78 is 26.1. The van der Waals surface area contributed by atoms with Crippen LogP contribution >= 0.6 is 0 Å². The Kier molecular flexibility index (Phi) is 4.82. The number of pyridine rings is 2. The summed E-state index contributed by atoms with van der Waals surface area (Å²) in [5.74, 6) is 7.03. The molecule has 0 saturated heterocycles. The number of aromatic nitrogens is 2. The second kappa shape index (κ2) is 7.59. The van der Waals surface area contributed by atoms with Crippen molar-refractivity contribution < 1.29 is 13.9 Å². The van der Waals surface area contributed by atoms with Crippen LogP contribution in [0.4, 0.5) is 4.39 Å². The first-order valence-corrected chi connectivity index (χ1v) is 10.7. The molecule has 2 aliphatic rings. The van der Waals surface area contributed by atoms with Gasteiger partial charge >= 0.3 is 0 Å². The number of hydrogen-bond acceptors (Lipinski definition) is 6. The van der Waals surface area contributed by atoms with E-state index < -0.39 is 11.5 Å². The molecule has 1 aromatic carbocycles. The summed E-state index contributed by atoms with van der Waals surface area (Å²) in [7, 11) is 0. The van der Waals surface area contributed by atoms with Gasteiger partial charge in [0.15, 0.2) is 5.75 Å². The Morgan fingerprint density at radius 2 is 1.91 bits per heavy atom. The van der Waals surface area contributed by atoms with Gasteiger partial charge in [0.25, 0.3) is 6.02 Å². The third-order valence-corrected chi connectivity index (χ3v) is 5.61. The van der Waals surface area contributed by atoms with Gasteiger partial charge < -0.3 is 15.2 Å². The number of fused-ring (bicyclic) bond motifs is 4. The van der Waals surface area contributed by atoms with Gasteiger partial charge in [0.2, 0.25) is 5.95 Å². The lowest BCUT2D eigenvalue weighted by atomic mass is 9.77. The smallest absolute Gasteiger partial charge is 0.283 e. The molecular weight excluding hydrogens is 419 g/mol. The molecule has 5 rings (SSSR count). The van der Waals surface area contributed by atoms with Crippen molar-refractivity contribution in [3.05, 3.63) is 71.6 Å². The van der Waals surface area contributed by atoms with Crippen LogP contribution in [0.2, 0.25) is 0 Å². The highest BCUT2D eigenvalue weighted by molar-refractivity contribution is 5.76. The van der Waals surface area contributed by atoms with Crippen molar-refractivity contribution in [2.75, 3.05) is 6.61 Å². The Bertz CT molecular complexity index is 1350. The third-order valence-electron chi connectivity index (χ3n) is 5.61. The Balaban J connectivity index is 1.72. The quantitative estimate of drug-likeness (QED) is 0.434. The highest BCUT2D eigenvalue weighted by Gasteiger charge is 2.45. The SMILES string of the molecule is CC(C)(C)C#Cc1cc2c(cn1)Oc1ccc(-c3cccnc3F)cc1C21CCOC(N)=N1. The molecule has 2 aliphatic heterocycles. The van der Waals surface area contributed by atoms with E-state index in [-0.39, 0.29) is 11.4 Å². The summed E-state index contributed by atoms with van der Waals surface area (Å²) in [6.45, 7) is 6.51. The lowest BCUT2D eigenvalue weighted by Crippen LogP contribution is -2.38. The zero-order valence-corrected chi connectivity index (χ0v) is 18.6. The molecule has 6 nitrogen and oxygen atoms in total. The minimum absolute atomic E-state index is 0.0946. The van der Waals surface area contributed by atoms with Gasteiger partial charge in [-0.05, 0) is 62.6 Å². The van der Waals surface area contributed by atoms with Crippen LogP contribution in [0.25, 0.3) is 11.1 Å². The summed E-state index contributed by atoms with van der Waals surface area (Å²) >= 11 is 0. The predicted molar refractivity (Wildman–Crippen MR) is 123 cm³/mol. The third kappa shape index (κ3) is 3.78. The number of amidine groups is 1. The molecule has 0 aliphatic carbocycles. The van der Waals surface area contributed by atoms with Gasteiger partial charge in [-0.2, -0.15) is 4.39 Å². The molecule has 2 aromatic heterocycles. The van der Waals surface area contributed by atoms with Crippen molar-refractivity contribution in [2.24, 2.45) is 16.1 Å². The second-order valence-electron chi connectivity index (χ2n) is 9.13. The summed E-state index contributed by atoms with van der Waals surface area (Å²) in [6, 6.07) is 10.9. The van der Waals surface area contributed by atoms with Gasteiger partial charge in [-0.25, -0.2) is 15.0 Å². The van der Waals surface area contributed by atoms with Gasteiger partial charge in [-0.15, -0.1) is 0 Å². The minimum Gasteiger partial charge on any atom is -0.465 e. The highest BCUT2D eigenvalue weighted by Crippen LogP contribution is 2.52. The van der Waals surface area contributed by atoms with Gasteiger partial charge in [0.1, 0.15) is 17.0 Å². The lowest BCUT2D eigenvalue weighted by Gasteiger charge is -2.39. The largest absolute Gasteiger partial charge is 0.465 e. The fraction of sp³-hybridized carbons (Fsp3) is 0.269. The zero-order chi connectivity index (χ0) is 23.2. The first-order chi connectivity index (χ1) is 15.7. The van der Waals surface area contributed by atoms with Crippen LogP contribution in [0.1, 0.15) is 44.0 Å². The van der Waals surface area contributed by atoms with Crippen LogP contribution in [-0.4, -0.2) is 22.6 Å². The van der Waals surface area contributed by atoms with Crippen molar-refractivity contribution in [1.29, 1.82) is 0 Å². The fourth-order valence-corrected chi connectivity index (χ4v) is 4.11. The monoisotopic (exact) mass is 442 g/mol. The molecule has 2 N–H and O–H groups in total. The van der Waals surface area contributed by atoms with E-state index in [4.69, 9.17) is 20.2 Å². The van der Waals surface area contributed by atoms with Crippen LogP contribution < -0.4 is 10.5 Å². The molecule has 4 heterocycles. The first kappa shape index (κ1) is 21.0. The van der Waals surface area contributed by atoms with Crippen LogP contribution in [0.5, 0.6) is 11.5 Å². The number of aliphatic imine (C=N–C) groups is 1. The molecule has 0 bridgehead atoms. The number of ether oxygens (including phenoxy) is 2. The van der Waals surface area contributed by atoms with Gasteiger partial charge in [0.05, 0.1) is 12.8 Å². The van der Waals surface area contributed by atoms with Gasteiger partial charge in [-0.3, -0.25) is 0 Å². The average Bonchev–Trinajstić information content (AvgIpc) is 2.78. The van der Waals surface area contributed by atoms with E-state index in [2.05, 4.69) is 21.8 Å². The van der Waals surface area contributed by atoms with E-state index in [1.807, 2.05) is 39.0 Å². The van der Waals surface area contributed by atoms with E-state index in [9.17, 15) is 4.39 Å². The van der Waals surface area contributed by atoms with E-state index in [1.165, 1.54) is 6.20 Å². The van der Waals surface area contributed by atoms with Crippen LogP contribution in [0, 0.1) is 23.2 Å². The number of hydrogen-bond donors (Lipinski definition) is 1. The number of halogens is 1. The molecule has 1 spiro atoms. The maximum absolute atomic E-state index is 14.4. The van der Waals surface area contributed by atoms with Gasteiger partial charge in [0, 0.05) is 34.7 Å². The second-order valence-corrected chi connectivity index (χ2v) is 9.13. The zero-order valence-electron chi connectivity index (χ0n) is 18.6. The molecule has 33 heavy (non-hydrogen) atoms. The Labute approximate surface area is 191 Å². The topological polar surface area (TPSA) is 82.6 Å². The summed E-state index contributed by atoms with van der Waals surface area (Å²) in [4.78, 5) is 13.0. The molecular formula is C26H23FN4O2. The molecule has 7 heteroatoms. The average molecular weight is 442 g/mol. The standard InChI is InChI=1S/C26H23FN4O2/c1-25(2,3)9-8-17-14-20-22(15-30-17)33-21-7-6-16(18-5-4-11-29-23(18)27)13-19(21)26(20)10-12-32-24(28)31-26/h4-7,11,13-15H,10,12H2,1-3H3,(H2,28,31). The summed E-state index contributed by atoms with van der Waals surface area (Å²) in [6.07, 6.45) is 3.63. The first-order valence-electron chi connectivity index (χ1n) is 10.7. The molecule has 0 saturated carbocycles. The van der Waals surface area contributed by atoms with Crippen LogP contribution in [0.3, 0.4) is 0 Å². The van der Waals surface area contributed by atoms with E-state index >= 15 is 0 Å². The van der Waals surface area contributed by atoms with E-state index in [0.29, 0.717) is 41.3 Å². The number of nitrogens with two attached hydrogens (primary N) is 1. The molecule has 0 fully saturated rings. The molecule has 3 aromatic rings. The predicted octanol–water partition coefficient (Wildman–Crippen LogP) is 4.76. The number of nitrogens with zero attached hydrogens (tertiary/aromatic N) is 3. The normalized spacial score (nSPS) is 18.7. The van der Waals surface area contributed by atoms with E-state index in [0.717, 1.165) is 11.1 Å². The Morgan fingerprint density at radius 1 is 1.09 bits per heavy atom. The van der Waals surface area contributed by atoms with Crippen molar-refractivity contribution >= 4 is 6.02 Å². The Morgan fingerprint density at radius 3 is 2.67 bits per heavy atom. The van der Waals surface area contributed by atoms with Crippen LogP contribution in [-0.2, 0) is 10.3 Å². The molecule has 0 radical (unpaired) electrons. The van der Waals surface area contributed by atoms with Crippen molar-refractivity contribution in [2.45, 2.75) is 32.7 Å². The molecule has 1 atom stereocenters. The number of benzene rings is 1. The minimum atomic E-state index is -0.860. The van der Waals surface area contributed by atoms with Crippen molar-refractivity contribution in [3.8, 4) is 34.5 Å². The van der Waals surface area contributed by atoms with Crippen LogP contribution in [0.15, 0.2) is 53.8 Å². The fourth-order valence-electron chi connectivity index (χ4n) is 4.11. The summed E-state index contributed by atoms with van der Waals surface area (Å²) in [5.41, 5.74) is 8.30. The lowest BCUT2D eigenvalue weighted by molar-refractivity contribution is 0.219. The Hall–Kier alpha value is -3.92. The molecule has 166 valence electrons. The van der Waals surface area contributed by atoms with Crippen molar-refractivity contribution in [1.82, 2.24) is 9.97 Å². The maximum Gasteiger partial charge on any atom is 0.283 e. The molecule has 1 unspecified atom stereocenters.